The predicted molar refractivity (Wildman–Crippen MR) is 124 cm³/mol. The molecular formula is C25H35N3O2. The van der Waals surface area contributed by atoms with Crippen LogP contribution in [0.1, 0.15) is 55.0 Å². The number of nitrogens with one attached hydrogen (secondary N) is 2. The smallest absolute Gasteiger partial charge is 0.238 e. The van der Waals surface area contributed by atoms with Gasteiger partial charge >= 0.3 is 0 Å². The molecule has 0 aliphatic carbocycles. The van der Waals surface area contributed by atoms with Crippen molar-refractivity contribution in [3.8, 4) is 0 Å². The zero-order chi connectivity index (χ0) is 22.3. The van der Waals surface area contributed by atoms with Gasteiger partial charge in [-0.1, -0.05) is 61.4 Å². The van der Waals surface area contributed by atoms with Crippen molar-refractivity contribution in [2.24, 2.45) is 0 Å². The second kappa shape index (κ2) is 10.9. The normalized spacial score (nSPS) is 13.0. The van der Waals surface area contributed by atoms with Crippen LogP contribution >= 0.6 is 0 Å². The van der Waals surface area contributed by atoms with Crippen LogP contribution in [-0.2, 0) is 9.59 Å². The minimum atomic E-state index is -0.418. The number of rotatable bonds is 9. The molecule has 0 aliphatic heterocycles. The quantitative estimate of drug-likeness (QED) is 0.640. The van der Waals surface area contributed by atoms with Gasteiger partial charge in [-0.15, -0.1) is 0 Å². The Labute approximate surface area is 180 Å². The number of hydrogen-bond acceptors (Lipinski definition) is 3. The second-order valence-electron chi connectivity index (χ2n) is 8.17. The highest BCUT2D eigenvalue weighted by molar-refractivity contribution is 5.94. The van der Waals surface area contributed by atoms with Gasteiger partial charge in [0.05, 0.1) is 18.6 Å². The van der Waals surface area contributed by atoms with Crippen molar-refractivity contribution in [2.45, 2.75) is 59.5 Å². The van der Waals surface area contributed by atoms with Crippen LogP contribution in [0.15, 0.2) is 42.5 Å². The number of carbonyl (C=O) groups is 2. The van der Waals surface area contributed by atoms with Crippen molar-refractivity contribution >= 4 is 17.5 Å². The molecule has 0 aliphatic rings. The Morgan fingerprint density at radius 3 is 2.20 bits per heavy atom. The van der Waals surface area contributed by atoms with Crippen molar-refractivity contribution in [2.75, 3.05) is 18.9 Å². The fourth-order valence-corrected chi connectivity index (χ4v) is 3.71. The van der Waals surface area contributed by atoms with Gasteiger partial charge in [0.2, 0.25) is 11.8 Å². The molecule has 0 bridgehead atoms. The van der Waals surface area contributed by atoms with E-state index in [1.54, 1.807) is 11.9 Å². The summed E-state index contributed by atoms with van der Waals surface area (Å²) in [7, 11) is 1.80. The fraction of sp³-hybridized carbons (Fsp3) is 0.440. The summed E-state index contributed by atoms with van der Waals surface area (Å²) in [6.45, 7) is 10.1. The number of hydrogen-bond donors (Lipinski definition) is 2. The number of amides is 2. The van der Waals surface area contributed by atoms with Gasteiger partial charge in [-0.05, 0) is 57.9 Å². The molecule has 0 saturated heterocycles. The summed E-state index contributed by atoms with van der Waals surface area (Å²) in [5.41, 5.74) is 5.21. The zero-order valence-corrected chi connectivity index (χ0v) is 19.1. The van der Waals surface area contributed by atoms with Gasteiger partial charge in [0.25, 0.3) is 0 Å². The van der Waals surface area contributed by atoms with Crippen molar-refractivity contribution in [1.29, 1.82) is 0 Å². The maximum atomic E-state index is 12.8. The molecule has 2 N–H and O–H groups in total. The molecule has 0 unspecified atom stereocenters. The van der Waals surface area contributed by atoms with E-state index < -0.39 is 6.04 Å². The molecular weight excluding hydrogens is 374 g/mol. The van der Waals surface area contributed by atoms with Gasteiger partial charge in [-0.25, -0.2) is 0 Å². The Kier molecular flexibility index (Phi) is 8.60. The lowest BCUT2D eigenvalue weighted by molar-refractivity contribution is -0.127. The Morgan fingerprint density at radius 1 is 1.03 bits per heavy atom. The van der Waals surface area contributed by atoms with E-state index in [-0.39, 0.29) is 24.4 Å². The predicted octanol–water partition coefficient (Wildman–Crippen LogP) is 4.53. The van der Waals surface area contributed by atoms with E-state index in [2.05, 4.69) is 29.7 Å². The maximum Gasteiger partial charge on any atom is 0.238 e. The first-order chi connectivity index (χ1) is 14.2. The van der Waals surface area contributed by atoms with Gasteiger partial charge in [-0.2, -0.15) is 0 Å². The molecule has 0 radical (unpaired) electrons. The molecule has 5 nitrogen and oxygen atoms in total. The van der Waals surface area contributed by atoms with E-state index in [1.165, 1.54) is 5.56 Å². The standard InChI is InChI=1S/C25H35N3O2/c1-7-11-22(21-12-9-8-10-13-21)26-25(30)20(5)28(6)16-23(29)27-24-18(3)14-17(2)15-19(24)4/h8-10,12-15,20,22H,7,11,16H2,1-6H3,(H,26,30)(H,27,29)/t20-,22+/m1/s1. The van der Waals surface area contributed by atoms with E-state index >= 15 is 0 Å². The molecule has 2 atom stereocenters. The van der Waals surface area contributed by atoms with Crippen molar-refractivity contribution in [1.82, 2.24) is 10.2 Å². The van der Waals surface area contributed by atoms with E-state index in [4.69, 9.17) is 0 Å². The number of anilines is 1. The molecule has 0 spiro atoms. The second-order valence-corrected chi connectivity index (χ2v) is 8.17. The van der Waals surface area contributed by atoms with E-state index in [1.807, 2.05) is 58.0 Å². The highest BCUT2D eigenvalue weighted by Gasteiger charge is 2.23. The van der Waals surface area contributed by atoms with E-state index in [9.17, 15) is 9.59 Å². The van der Waals surface area contributed by atoms with Crippen LogP contribution in [0.2, 0.25) is 0 Å². The van der Waals surface area contributed by atoms with Crippen LogP contribution in [0.4, 0.5) is 5.69 Å². The minimum Gasteiger partial charge on any atom is -0.348 e. The Bertz CT molecular complexity index is 841. The van der Waals surface area contributed by atoms with Crippen LogP contribution in [0.3, 0.4) is 0 Å². The summed E-state index contributed by atoms with van der Waals surface area (Å²) >= 11 is 0. The third-order valence-corrected chi connectivity index (χ3v) is 5.47. The van der Waals surface area contributed by atoms with Gasteiger partial charge in [0, 0.05) is 5.69 Å². The van der Waals surface area contributed by atoms with Crippen LogP contribution in [0, 0.1) is 20.8 Å². The molecule has 0 saturated carbocycles. The van der Waals surface area contributed by atoms with Crippen LogP contribution in [0.25, 0.3) is 0 Å². The largest absolute Gasteiger partial charge is 0.348 e. The first-order valence-electron chi connectivity index (χ1n) is 10.7. The third kappa shape index (κ3) is 6.42. The molecule has 2 aromatic carbocycles. The summed E-state index contributed by atoms with van der Waals surface area (Å²) in [4.78, 5) is 27.2. The lowest BCUT2D eigenvalue weighted by Gasteiger charge is -2.26. The summed E-state index contributed by atoms with van der Waals surface area (Å²) in [6, 6.07) is 13.7. The monoisotopic (exact) mass is 409 g/mol. The molecule has 0 aromatic heterocycles. The summed E-state index contributed by atoms with van der Waals surface area (Å²) in [5, 5.41) is 6.16. The first-order valence-corrected chi connectivity index (χ1v) is 10.7. The number of likely N-dealkylation sites (N-methyl/N-ethyl adjacent to an activating group) is 1. The van der Waals surface area contributed by atoms with Crippen molar-refractivity contribution < 1.29 is 9.59 Å². The lowest BCUT2D eigenvalue weighted by Crippen LogP contribution is -2.46. The maximum absolute atomic E-state index is 12.8. The molecule has 2 aromatic rings. The first kappa shape index (κ1) is 23.6. The number of nitrogens with zero attached hydrogens (tertiary/aromatic N) is 1. The van der Waals surface area contributed by atoms with E-state index in [0.717, 1.165) is 35.2 Å². The van der Waals surface area contributed by atoms with E-state index in [0.29, 0.717) is 0 Å². The molecule has 2 amide bonds. The molecule has 0 heterocycles. The van der Waals surface area contributed by atoms with Gasteiger partial charge in [-0.3, -0.25) is 14.5 Å². The van der Waals surface area contributed by atoms with Crippen LogP contribution in [-0.4, -0.2) is 36.3 Å². The molecule has 2 rings (SSSR count). The van der Waals surface area contributed by atoms with Crippen molar-refractivity contribution in [3.05, 3.63) is 64.7 Å². The average Bonchev–Trinajstić information content (AvgIpc) is 2.70. The SMILES string of the molecule is CCC[C@H](NC(=O)[C@@H](C)N(C)CC(=O)Nc1c(C)cc(C)cc1C)c1ccccc1. The fourth-order valence-electron chi connectivity index (χ4n) is 3.71. The third-order valence-electron chi connectivity index (χ3n) is 5.47. The number of aryl methyl sites for hydroxylation is 3. The zero-order valence-electron chi connectivity index (χ0n) is 19.1. The molecule has 30 heavy (non-hydrogen) atoms. The lowest BCUT2D eigenvalue weighted by atomic mass is 10.0. The van der Waals surface area contributed by atoms with Gasteiger partial charge in [0.1, 0.15) is 0 Å². The topological polar surface area (TPSA) is 61.4 Å². The number of carbonyl (C=O) groups excluding carboxylic acids is 2. The highest BCUT2D eigenvalue weighted by Crippen LogP contribution is 2.22. The molecule has 0 fully saturated rings. The Morgan fingerprint density at radius 2 is 1.63 bits per heavy atom. The van der Waals surface area contributed by atoms with Gasteiger partial charge in [0.15, 0.2) is 0 Å². The summed E-state index contributed by atoms with van der Waals surface area (Å²) < 4.78 is 0. The van der Waals surface area contributed by atoms with Crippen molar-refractivity contribution in [3.63, 3.8) is 0 Å². The summed E-state index contributed by atoms with van der Waals surface area (Å²) in [5.74, 6) is -0.198. The summed E-state index contributed by atoms with van der Waals surface area (Å²) in [6.07, 6.45) is 1.85. The van der Waals surface area contributed by atoms with Crippen LogP contribution in [0.5, 0.6) is 0 Å². The average molecular weight is 410 g/mol. The van der Waals surface area contributed by atoms with Gasteiger partial charge < -0.3 is 10.6 Å². The highest BCUT2D eigenvalue weighted by atomic mass is 16.2. The molecule has 162 valence electrons. The van der Waals surface area contributed by atoms with Crippen LogP contribution < -0.4 is 10.6 Å². The minimum absolute atomic E-state index is 0.0220. The Hall–Kier alpha value is -2.66. The number of benzene rings is 2. The Balaban J connectivity index is 1.98. The molecule has 5 heteroatoms.